The highest BCUT2D eigenvalue weighted by atomic mass is 15.1. The smallest absolute Gasteiger partial charge is 0.0230 e. The maximum absolute atomic E-state index is 2.36. The van der Waals surface area contributed by atoms with Crippen molar-refractivity contribution in [2.24, 2.45) is 0 Å². The fourth-order valence-corrected chi connectivity index (χ4v) is 1.42. The number of hydrogen-bond acceptors (Lipinski definition) is 1. The standard InChI is InChI=1S/C10H17N.C4H10.C2H6/c1-4-5-10-8-11(3)7-6-9(10)2;1-3-4-2;1-2/h4-5H,6-8H2,1-3H3;3-4H2,1-2H3;1-2H3/b5-4-;;. The van der Waals surface area contributed by atoms with E-state index in [2.05, 4.69) is 51.8 Å². The Bertz CT molecular complexity index is 212. The second-order valence-electron chi connectivity index (χ2n) is 4.29. The van der Waals surface area contributed by atoms with Crippen LogP contribution < -0.4 is 0 Å². The predicted molar refractivity (Wildman–Crippen MR) is 81.6 cm³/mol. The number of unbranched alkanes of at least 4 members (excludes halogenated alkanes) is 1. The Morgan fingerprint density at radius 1 is 1.18 bits per heavy atom. The molecule has 1 aliphatic rings. The van der Waals surface area contributed by atoms with Crippen LogP contribution in [0.1, 0.15) is 60.8 Å². The highest BCUT2D eigenvalue weighted by molar-refractivity contribution is 5.27. The van der Waals surface area contributed by atoms with Gasteiger partial charge in [-0.1, -0.05) is 58.3 Å². The SMILES string of the molecule is C/C=C\C1=C(C)CCN(C)C1.CC.CCCC. The molecule has 102 valence electrons. The lowest BCUT2D eigenvalue weighted by Gasteiger charge is -2.24. The van der Waals surface area contributed by atoms with Gasteiger partial charge < -0.3 is 4.90 Å². The first-order valence-electron chi connectivity index (χ1n) is 7.15. The van der Waals surface area contributed by atoms with Crippen LogP contribution in [0.25, 0.3) is 0 Å². The second kappa shape index (κ2) is 13.5. The molecule has 0 atom stereocenters. The number of likely N-dealkylation sites (N-methyl/N-ethyl adjacent to an activating group) is 1. The molecule has 0 N–H and O–H groups in total. The normalized spacial score (nSPS) is 16.2. The Hall–Kier alpha value is -0.560. The molecule has 1 nitrogen and oxygen atoms in total. The molecule has 0 radical (unpaired) electrons. The summed E-state index contributed by atoms with van der Waals surface area (Å²) in [4.78, 5) is 2.36. The van der Waals surface area contributed by atoms with Gasteiger partial charge in [0.15, 0.2) is 0 Å². The van der Waals surface area contributed by atoms with Crippen LogP contribution in [0, 0.1) is 0 Å². The zero-order chi connectivity index (χ0) is 13.7. The number of nitrogens with zero attached hydrogens (tertiary/aromatic N) is 1. The van der Waals surface area contributed by atoms with E-state index in [0.717, 1.165) is 6.54 Å². The van der Waals surface area contributed by atoms with Gasteiger partial charge in [0.1, 0.15) is 0 Å². The van der Waals surface area contributed by atoms with Gasteiger partial charge in [-0.15, -0.1) is 0 Å². The zero-order valence-corrected chi connectivity index (χ0v) is 13.1. The van der Waals surface area contributed by atoms with Gasteiger partial charge in [-0.2, -0.15) is 0 Å². The minimum atomic E-state index is 1.12. The lowest BCUT2D eigenvalue weighted by molar-refractivity contribution is 0.351. The largest absolute Gasteiger partial charge is 0.302 e. The van der Waals surface area contributed by atoms with E-state index in [0.29, 0.717) is 0 Å². The van der Waals surface area contributed by atoms with E-state index in [1.54, 1.807) is 5.57 Å². The van der Waals surface area contributed by atoms with Gasteiger partial charge >= 0.3 is 0 Å². The van der Waals surface area contributed by atoms with Crippen molar-refractivity contribution in [1.82, 2.24) is 4.90 Å². The molecular formula is C16H33N. The van der Waals surface area contributed by atoms with Gasteiger partial charge in [0, 0.05) is 13.1 Å². The van der Waals surface area contributed by atoms with Gasteiger partial charge in [0.2, 0.25) is 0 Å². The molecule has 17 heavy (non-hydrogen) atoms. The molecule has 0 saturated carbocycles. The zero-order valence-electron chi connectivity index (χ0n) is 13.1. The Morgan fingerprint density at radius 3 is 2.12 bits per heavy atom. The summed E-state index contributed by atoms with van der Waals surface area (Å²) in [5.41, 5.74) is 3.06. The van der Waals surface area contributed by atoms with Crippen molar-refractivity contribution in [3.8, 4) is 0 Å². The molecule has 0 bridgehead atoms. The van der Waals surface area contributed by atoms with E-state index >= 15 is 0 Å². The maximum atomic E-state index is 2.36. The van der Waals surface area contributed by atoms with Crippen LogP contribution >= 0.6 is 0 Å². The summed E-state index contributed by atoms with van der Waals surface area (Å²) in [6.07, 6.45) is 8.22. The summed E-state index contributed by atoms with van der Waals surface area (Å²) in [7, 11) is 2.18. The minimum absolute atomic E-state index is 1.12. The fraction of sp³-hybridized carbons (Fsp3) is 0.750. The van der Waals surface area contributed by atoms with Crippen LogP contribution in [0.3, 0.4) is 0 Å². The molecule has 0 aromatic rings. The van der Waals surface area contributed by atoms with Crippen molar-refractivity contribution in [2.45, 2.75) is 60.8 Å². The number of rotatable bonds is 2. The van der Waals surface area contributed by atoms with Crippen molar-refractivity contribution in [1.29, 1.82) is 0 Å². The lowest BCUT2D eigenvalue weighted by Crippen LogP contribution is -2.26. The highest BCUT2D eigenvalue weighted by Gasteiger charge is 2.09. The van der Waals surface area contributed by atoms with Crippen molar-refractivity contribution >= 4 is 0 Å². The molecule has 0 aromatic heterocycles. The Morgan fingerprint density at radius 2 is 1.71 bits per heavy atom. The van der Waals surface area contributed by atoms with E-state index in [-0.39, 0.29) is 0 Å². The Labute approximate surface area is 110 Å². The first-order chi connectivity index (χ1) is 8.15. The predicted octanol–water partition coefficient (Wildman–Crippen LogP) is 5.05. The molecule has 1 aliphatic heterocycles. The van der Waals surface area contributed by atoms with E-state index in [1.165, 1.54) is 31.4 Å². The van der Waals surface area contributed by atoms with E-state index in [1.807, 2.05) is 13.8 Å². The molecule has 0 saturated heterocycles. The number of hydrogen-bond donors (Lipinski definition) is 0. The van der Waals surface area contributed by atoms with Gasteiger partial charge in [0.05, 0.1) is 0 Å². The summed E-state index contributed by atoms with van der Waals surface area (Å²) in [6, 6.07) is 0. The van der Waals surface area contributed by atoms with Crippen molar-refractivity contribution in [2.75, 3.05) is 20.1 Å². The first-order valence-corrected chi connectivity index (χ1v) is 7.15. The monoisotopic (exact) mass is 239 g/mol. The molecule has 0 amide bonds. The van der Waals surface area contributed by atoms with E-state index < -0.39 is 0 Å². The fourth-order valence-electron chi connectivity index (χ4n) is 1.42. The van der Waals surface area contributed by atoms with Crippen LogP contribution in [0.4, 0.5) is 0 Å². The van der Waals surface area contributed by atoms with Gasteiger partial charge in [0.25, 0.3) is 0 Å². The molecule has 0 spiro atoms. The molecule has 0 unspecified atom stereocenters. The van der Waals surface area contributed by atoms with Crippen LogP contribution in [0.2, 0.25) is 0 Å². The minimum Gasteiger partial charge on any atom is -0.302 e. The van der Waals surface area contributed by atoms with Crippen molar-refractivity contribution < 1.29 is 0 Å². The molecule has 0 aromatic carbocycles. The van der Waals surface area contributed by atoms with Crippen LogP contribution in [-0.2, 0) is 0 Å². The third-order valence-electron chi connectivity index (χ3n) is 2.72. The molecule has 1 heteroatoms. The van der Waals surface area contributed by atoms with E-state index in [4.69, 9.17) is 0 Å². The second-order valence-corrected chi connectivity index (χ2v) is 4.29. The van der Waals surface area contributed by atoms with Crippen molar-refractivity contribution in [3.05, 3.63) is 23.3 Å². The maximum Gasteiger partial charge on any atom is 0.0230 e. The third kappa shape index (κ3) is 10.3. The van der Waals surface area contributed by atoms with Crippen LogP contribution in [0.5, 0.6) is 0 Å². The summed E-state index contributed by atoms with van der Waals surface area (Å²) in [5, 5.41) is 0. The summed E-state index contributed by atoms with van der Waals surface area (Å²) >= 11 is 0. The van der Waals surface area contributed by atoms with Gasteiger partial charge in [-0.05, 0) is 32.9 Å². The molecule has 0 fully saturated rings. The average Bonchev–Trinajstić information content (AvgIpc) is 2.37. The molecular weight excluding hydrogens is 206 g/mol. The quantitative estimate of drug-likeness (QED) is 0.652. The Balaban J connectivity index is 0. The molecule has 1 rings (SSSR count). The lowest BCUT2D eigenvalue weighted by atomic mass is 10.0. The summed E-state index contributed by atoms with van der Waals surface area (Å²) < 4.78 is 0. The summed E-state index contributed by atoms with van der Waals surface area (Å²) in [5.74, 6) is 0. The third-order valence-corrected chi connectivity index (χ3v) is 2.72. The average molecular weight is 239 g/mol. The van der Waals surface area contributed by atoms with Gasteiger partial charge in [-0.3, -0.25) is 0 Å². The summed E-state index contributed by atoms with van der Waals surface area (Å²) in [6.45, 7) is 15.0. The van der Waals surface area contributed by atoms with Crippen molar-refractivity contribution in [3.63, 3.8) is 0 Å². The Kier molecular flexibility index (Phi) is 14.9. The highest BCUT2D eigenvalue weighted by Crippen LogP contribution is 2.16. The number of allylic oxidation sites excluding steroid dienone is 1. The van der Waals surface area contributed by atoms with Crippen LogP contribution in [0.15, 0.2) is 23.3 Å². The molecule has 1 heterocycles. The van der Waals surface area contributed by atoms with Gasteiger partial charge in [-0.25, -0.2) is 0 Å². The first kappa shape index (κ1) is 18.8. The molecule has 0 aliphatic carbocycles. The van der Waals surface area contributed by atoms with E-state index in [9.17, 15) is 0 Å². The van der Waals surface area contributed by atoms with Crippen LogP contribution in [-0.4, -0.2) is 25.0 Å². The topological polar surface area (TPSA) is 3.24 Å².